The zero-order chi connectivity index (χ0) is 16.8. The average Bonchev–Trinajstić information content (AvgIpc) is 2.57. The highest BCUT2D eigenvalue weighted by molar-refractivity contribution is 4.45. The fourth-order valence-corrected chi connectivity index (χ4v) is 1.58. The van der Waals surface area contributed by atoms with Gasteiger partial charge in [0.2, 0.25) is 0 Å². The van der Waals surface area contributed by atoms with Crippen LogP contribution in [0.2, 0.25) is 0 Å². The molecule has 0 spiro atoms. The predicted octanol–water partition coefficient (Wildman–Crippen LogP) is 0.715. The van der Waals surface area contributed by atoms with Crippen LogP contribution in [0.3, 0.4) is 0 Å². The van der Waals surface area contributed by atoms with Crippen LogP contribution in [0.25, 0.3) is 0 Å². The van der Waals surface area contributed by atoms with Gasteiger partial charge in [-0.15, -0.1) is 0 Å². The zero-order valence-electron chi connectivity index (χ0n) is 14.8. The topological polar surface area (TPSA) is 67.4 Å². The van der Waals surface area contributed by atoms with Gasteiger partial charge >= 0.3 is 0 Å². The summed E-state index contributed by atoms with van der Waals surface area (Å²) >= 11 is 0. The van der Waals surface area contributed by atoms with Crippen molar-refractivity contribution in [2.45, 2.75) is 13.8 Å². The van der Waals surface area contributed by atoms with Crippen LogP contribution >= 0.6 is 0 Å². The molecule has 0 aliphatic carbocycles. The molecule has 0 amide bonds. The summed E-state index contributed by atoms with van der Waals surface area (Å²) in [4.78, 5) is 0. The summed E-state index contributed by atoms with van der Waals surface area (Å²) in [6.45, 7) is 13.4. The fraction of sp³-hybridized carbons (Fsp3) is 1.00. The zero-order valence-corrected chi connectivity index (χ0v) is 14.8. The summed E-state index contributed by atoms with van der Waals surface area (Å²) in [5.74, 6) is 0. The Hall–Kier alpha value is -0.280. The second kappa shape index (κ2) is 21.7. The number of hydrogen-bond donors (Lipinski definition) is 1. The van der Waals surface area contributed by atoms with E-state index in [0.717, 1.165) is 26.3 Å². The highest BCUT2D eigenvalue weighted by Gasteiger charge is 1.93. The first kappa shape index (κ1) is 22.7. The molecule has 0 heterocycles. The third kappa shape index (κ3) is 21.7. The van der Waals surface area contributed by atoms with E-state index in [2.05, 4.69) is 5.32 Å². The number of nitrogens with one attached hydrogen (secondary N) is 1. The number of hydrogen-bond acceptors (Lipinski definition) is 7. The molecule has 1 N–H and O–H groups in total. The van der Waals surface area contributed by atoms with Crippen LogP contribution < -0.4 is 5.32 Å². The lowest BCUT2D eigenvalue weighted by molar-refractivity contribution is 0.0145. The molecule has 0 aromatic rings. The molecule has 0 unspecified atom stereocenters. The molecule has 0 saturated carbocycles. The van der Waals surface area contributed by atoms with Crippen molar-refractivity contribution in [1.29, 1.82) is 0 Å². The van der Waals surface area contributed by atoms with Crippen molar-refractivity contribution in [3.8, 4) is 0 Å². The Morgan fingerprint density at radius 2 is 0.739 bits per heavy atom. The van der Waals surface area contributed by atoms with Gasteiger partial charge in [0.25, 0.3) is 0 Å². The maximum Gasteiger partial charge on any atom is 0.0701 e. The first-order valence-electron chi connectivity index (χ1n) is 8.59. The molecule has 0 bridgehead atoms. The maximum absolute atomic E-state index is 5.43. The Kier molecular flexibility index (Phi) is 21.5. The average molecular weight is 337 g/mol. The Morgan fingerprint density at radius 3 is 1.09 bits per heavy atom. The van der Waals surface area contributed by atoms with Gasteiger partial charge in [-0.2, -0.15) is 0 Å². The largest absolute Gasteiger partial charge is 0.379 e. The summed E-state index contributed by atoms with van der Waals surface area (Å²) in [5, 5.41) is 3.25. The first-order valence-corrected chi connectivity index (χ1v) is 8.59. The van der Waals surface area contributed by atoms with Gasteiger partial charge in [0.15, 0.2) is 0 Å². The molecule has 7 nitrogen and oxygen atoms in total. The lowest BCUT2D eigenvalue weighted by Crippen LogP contribution is -2.25. The summed E-state index contributed by atoms with van der Waals surface area (Å²) in [7, 11) is 0. The van der Waals surface area contributed by atoms with E-state index in [1.54, 1.807) is 0 Å². The Bertz CT molecular complexity index is 189. The van der Waals surface area contributed by atoms with E-state index < -0.39 is 0 Å². The highest BCUT2D eigenvalue weighted by atomic mass is 16.5. The molecule has 7 heteroatoms. The number of rotatable bonds is 20. The maximum atomic E-state index is 5.43. The summed E-state index contributed by atoms with van der Waals surface area (Å²) in [6, 6.07) is 0. The molecule has 0 aromatic carbocycles. The summed E-state index contributed by atoms with van der Waals surface area (Å²) in [6.07, 6.45) is 0. The van der Waals surface area contributed by atoms with Gasteiger partial charge in [0.1, 0.15) is 0 Å². The molecular weight excluding hydrogens is 302 g/mol. The monoisotopic (exact) mass is 337 g/mol. The van der Waals surface area contributed by atoms with Crippen LogP contribution in [0.5, 0.6) is 0 Å². The van der Waals surface area contributed by atoms with Crippen LogP contribution in [0.15, 0.2) is 0 Å². The van der Waals surface area contributed by atoms with Crippen molar-refractivity contribution in [2.75, 3.05) is 92.4 Å². The standard InChI is InChI=1S/C16H35NO6/c1-3-18-9-11-22-15-13-20-7-5-17-6-8-21-14-16-23-12-10-19-4-2/h17H,3-16H2,1-2H3. The van der Waals surface area contributed by atoms with E-state index in [1.807, 2.05) is 13.8 Å². The highest BCUT2D eigenvalue weighted by Crippen LogP contribution is 1.82. The lowest BCUT2D eigenvalue weighted by Gasteiger charge is -2.08. The lowest BCUT2D eigenvalue weighted by atomic mass is 10.6. The molecule has 0 radical (unpaired) electrons. The van der Waals surface area contributed by atoms with Crippen LogP contribution in [0.1, 0.15) is 13.8 Å². The van der Waals surface area contributed by atoms with Gasteiger partial charge in [-0.1, -0.05) is 0 Å². The molecule has 0 aliphatic heterocycles. The molecule has 0 rings (SSSR count). The van der Waals surface area contributed by atoms with Gasteiger partial charge in [0, 0.05) is 26.3 Å². The van der Waals surface area contributed by atoms with Gasteiger partial charge in [-0.3, -0.25) is 0 Å². The first-order chi connectivity index (χ1) is 11.4. The van der Waals surface area contributed by atoms with E-state index in [0.29, 0.717) is 66.1 Å². The summed E-state index contributed by atoms with van der Waals surface area (Å²) < 4.78 is 31.9. The smallest absolute Gasteiger partial charge is 0.0701 e. The van der Waals surface area contributed by atoms with Crippen LogP contribution in [-0.2, 0) is 28.4 Å². The van der Waals surface area contributed by atoms with Gasteiger partial charge in [0.05, 0.1) is 66.1 Å². The molecule has 0 aromatic heterocycles. The molecule has 0 atom stereocenters. The van der Waals surface area contributed by atoms with Gasteiger partial charge in [-0.05, 0) is 13.8 Å². The van der Waals surface area contributed by atoms with E-state index in [-0.39, 0.29) is 0 Å². The van der Waals surface area contributed by atoms with Crippen LogP contribution in [-0.4, -0.2) is 92.4 Å². The quantitative estimate of drug-likeness (QED) is 0.328. The molecule has 23 heavy (non-hydrogen) atoms. The summed E-state index contributed by atoms with van der Waals surface area (Å²) in [5.41, 5.74) is 0. The Balaban J connectivity index is 2.92. The third-order valence-corrected chi connectivity index (χ3v) is 2.74. The molecule has 0 saturated heterocycles. The van der Waals surface area contributed by atoms with Gasteiger partial charge < -0.3 is 33.7 Å². The van der Waals surface area contributed by atoms with Crippen molar-refractivity contribution in [1.82, 2.24) is 5.32 Å². The molecule has 0 aliphatic rings. The van der Waals surface area contributed by atoms with Crippen molar-refractivity contribution in [3.63, 3.8) is 0 Å². The second-order valence-corrected chi connectivity index (χ2v) is 4.59. The van der Waals surface area contributed by atoms with Crippen LogP contribution in [0.4, 0.5) is 0 Å². The SMILES string of the molecule is CCOCCOCCOCCNCCOCCOCCOCC. The molecular formula is C16H35NO6. The predicted molar refractivity (Wildman–Crippen MR) is 89.1 cm³/mol. The van der Waals surface area contributed by atoms with Crippen molar-refractivity contribution < 1.29 is 28.4 Å². The van der Waals surface area contributed by atoms with Crippen molar-refractivity contribution >= 4 is 0 Å². The van der Waals surface area contributed by atoms with E-state index in [1.165, 1.54) is 0 Å². The van der Waals surface area contributed by atoms with E-state index in [9.17, 15) is 0 Å². The Morgan fingerprint density at radius 1 is 0.435 bits per heavy atom. The fourth-order valence-electron chi connectivity index (χ4n) is 1.58. The normalized spacial score (nSPS) is 11.2. The minimum absolute atomic E-state index is 0.611. The van der Waals surface area contributed by atoms with Crippen molar-refractivity contribution in [3.05, 3.63) is 0 Å². The second-order valence-electron chi connectivity index (χ2n) is 4.59. The minimum atomic E-state index is 0.611. The molecule has 140 valence electrons. The molecule has 0 fully saturated rings. The number of ether oxygens (including phenoxy) is 6. The Labute approximate surface area is 140 Å². The van der Waals surface area contributed by atoms with E-state index >= 15 is 0 Å². The van der Waals surface area contributed by atoms with E-state index in [4.69, 9.17) is 28.4 Å². The third-order valence-electron chi connectivity index (χ3n) is 2.74. The minimum Gasteiger partial charge on any atom is -0.379 e. The van der Waals surface area contributed by atoms with Crippen molar-refractivity contribution in [2.24, 2.45) is 0 Å². The van der Waals surface area contributed by atoms with Gasteiger partial charge in [-0.25, -0.2) is 0 Å². The van der Waals surface area contributed by atoms with Crippen LogP contribution in [0, 0.1) is 0 Å².